The third kappa shape index (κ3) is 3.87. The molecule has 0 amide bonds. The van der Waals surface area contributed by atoms with E-state index in [9.17, 15) is 5.11 Å². The number of hydrogen-bond donors (Lipinski definition) is 1. The Kier molecular flexibility index (Phi) is 4.65. The molecule has 0 saturated carbocycles. The molecule has 1 heterocycles. The summed E-state index contributed by atoms with van der Waals surface area (Å²) in [5.74, 6) is 6.07. The second-order valence-corrected chi connectivity index (χ2v) is 6.38. The quantitative estimate of drug-likeness (QED) is 0.566. The molecule has 1 aromatic heterocycles. The molecule has 0 radical (unpaired) electrons. The van der Waals surface area contributed by atoms with E-state index in [-0.39, 0.29) is 0 Å². The Balaban J connectivity index is 1.74. The molecule has 3 nitrogen and oxygen atoms in total. The first-order chi connectivity index (χ1) is 13.2. The van der Waals surface area contributed by atoms with Crippen molar-refractivity contribution in [2.45, 2.75) is 12.0 Å². The highest BCUT2D eigenvalue weighted by Crippen LogP contribution is 2.25. The van der Waals surface area contributed by atoms with Gasteiger partial charge in [-0.2, -0.15) is 0 Å². The first-order valence-corrected chi connectivity index (χ1v) is 8.80. The van der Waals surface area contributed by atoms with Gasteiger partial charge in [0.05, 0.1) is 17.2 Å². The Hall–Kier alpha value is -3.48. The highest BCUT2D eigenvalue weighted by Gasteiger charge is 2.27. The van der Waals surface area contributed by atoms with E-state index >= 15 is 0 Å². The van der Waals surface area contributed by atoms with Gasteiger partial charge in [0.25, 0.3) is 0 Å². The molecule has 3 heteroatoms. The van der Waals surface area contributed by atoms with Crippen LogP contribution < -0.4 is 0 Å². The highest BCUT2D eigenvalue weighted by molar-refractivity contribution is 5.74. The molecule has 1 atom stereocenters. The molecule has 4 aromatic rings. The maximum absolute atomic E-state index is 11.4. The predicted molar refractivity (Wildman–Crippen MR) is 107 cm³/mol. The number of para-hydroxylation sites is 2. The van der Waals surface area contributed by atoms with E-state index in [1.165, 1.54) is 0 Å². The minimum atomic E-state index is -1.31. The van der Waals surface area contributed by atoms with Crippen LogP contribution in [0.4, 0.5) is 0 Å². The van der Waals surface area contributed by atoms with Gasteiger partial charge in [0.1, 0.15) is 5.69 Å². The summed E-state index contributed by atoms with van der Waals surface area (Å²) >= 11 is 0. The molecular formula is C24H18N2O. The zero-order valence-electron chi connectivity index (χ0n) is 14.7. The van der Waals surface area contributed by atoms with Gasteiger partial charge in [-0.3, -0.25) is 4.98 Å². The van der Waals surface area contributed by atoms with Crippen LogP contribution in [0.3, 0.4) is 0 Å². The van der Waals surface area contributed by atoms with Crippen molar-refractivity contribution in [2.24, 2.45) is 0 Å². The van der Waals surface area contributed by atoms with Crippen LogP contribution in [0.15, 0.2) is 91.1 Å². The molecule has 0 aliphatic carbocycles. The van der Waals surface area contributed by atoms with Gasteiger partial charge in [0, 0.05) is 6.42 Å². The fourth-order valence-corrected chi connectivity index (χ4v) is 3.01. The van der Waals surface area contributed by atoms with Crippen molar-refractivity contribution in [3.63, 3.8) is 0 Å². The lowest BCUT2D eigenvalue weighted by Gasteiger charge is -2.23. The Morgan fingerprint density at radius 2 is 1.41 bits per heavy atom. The fraction of sp³-hybridized carbons (Fsp3) is 0.0833. The number of benzene rings is 3. The zero-order chi connectivity index (χ0) is 18.5. The number of rotatable bonds is 3. The van der Waals surface area contributed by atoms with Crippen LogP contribution >= 0.6 is 0 Å². The summed E-state index contributed by atoms with van der Waals surface area (Å²) in [7, 11) is 0. The van der Waals surface area contributed by atoms with E-state index < -0.39 is 5.60 Å². The molecule has 0 bridgehead atoms. The van der Waals surface area contributed by atoms with Gasteiger partial charge in [-0.05, 0) is 29.2 Å². The van der Waals surface area contributed by atoms with Crippen LogP contribution in [0, 0.1) is 11.8 Å². The Bertz CT molecular complexity index is 1110. The fourth-order valence-electron chi connectivity index (χ4n) is 3.01. The predicted octanol–water partition coefficient (Wildman–Crippen LogP) is 4.11. The molecule has 130 valence electrons. The van der Waals surface area contributed by atoms with Gasteiger partial charge >= 0.3 is 0 Å². The van der Waals surface area contributed by atoms with Crippen molar-refractivity contribution in [1.29, 1.82) is 0 Å². The molecule has 0 saturated heterocycles. The van der Waals surface area contributed by atoms with Gasteiger partial charge < -0.3 is 5.11 Å². The minimum Gasteiger partial charge on any atom is -0.373 e. The summed E-state index contributed by atoms with van der Waals surface area (Å²) in [4.78, 5) is 8.92. The van der Waals surface area contributed by atoms with Crippen molar-refractivity contribution >= 4 is 11.0 Å². The molecular weight excluding hydrogens is 332 g/mol. The Morgan fingerprint density at radius 1 is 0.778 bits per heavy atom. The van der Waals surface area contributed by atoms with Crippen LogP contribution in [-0.2, 0) is 12.0 Å². The standard InChI is InChI=1S/C24H18N2O/c27-24(20-11-5-2-6-12-20,17-19-9-3-1-4-10-19)16-15-21-18-25-22-13-7-8-14-23(22)26-21/h1-14,18,27H,17H2/t24-/m0/s1. The largest absolute Gasteiger partial charge is 0.373 e. The molecule has 1 N–H and O–H groups in total. The first kappa shape index (κ1) is 17.0. The number of fused-ring (bicyclic) bond motifs is 1. The summed E-state index contributed by atoms with van der Waals surface area (Å²) in [6.45, 7) is 0. The average molecular weight is 350 g/mol. The Labute approximate surface area is 158 Å². The molecule has 3 aromatic carbocycles. The molecule has 0 aliphatic heterocycles. The van der Waals surface area contributed by atoms with Crippen LogP contribution in [-0.4, -0.2) is 15.1 Å². The highest BCUT2D eigenvalue weighted by atomic mass is 16.3. The smallest absolute Gasteiger partial charge is 0.155 e. The summed E-state index contributed by atoms with van der Waals surface area (Å²) in [5, 5.41) is 11.4. The molecule has 0 aliphatic rings. The zero-order valence-corrected chi connectivity index (χ0v) is 14.7. The number of nitrogens with zero attached hydrogens (tertiary/aromatic N) is 2. The SMILES string of the molecule is O[C@@](C#Cc1cnc2ccccc2n1)(Cc1ccccc1)c1ccccc1. The van der Waals surface area contributed by atoms with Crippen LogP contribution in [0.1, 0.15) is 16.8 Å². The van der Waals surface area contributed by atoms with Crippen LogP contribution in [0.2, 0.25) is 0 Å². The van der Waals surface area contributed by atoms with Gasteiger partial charge in [0.2, 0.25) is 0 Å². The van der Waals surface area contributed by atoms with Crippen molar-refractivity contribution < 1.29 is 5.11 Å². The van der Waals surface area contributed by atoms with Crippen LogP contribution in [0.5, 0.6) is 0 Å². The average Bonchev–Trinajstić information content (AvgIpc) is 2.73. The summed E-state index contributed by atoms with van der Waals surface area (Å²) < 4.78 is 0. The van der Waals surface area contributed by atoms with Crippen molar-refractivity contribution in [3.05, 3.63) is 108 Å². The maximum atomic E-state index is 11.4. The molecule has 0 unspecified atom stereocenters. The van der Waals surface area contributed by atoms with Crippen molar-refractivity contribution in [3.8, 4) is 11.8 Å². The Morgan fingerprint density at radius 3 is 2.15 bits per heavy atom. The second kappa shape index (κ2) is 7.41. The summed E-state index contributed by atoms with van der Waals surface area (Å²) in [6.07, 6.45) is 2.04. The maximum Gasteiger partial charge on any atom is 0.155 e. The number of aliphatic hydroxyl groups is 1. The van der Waals surface area contributed by atoms with Crippen molar-refractivity contribution in [2.75, 3.05) is 0 Å². The molecule has 27 heavy (non-hydrogen) atoms. The lowest BCUT2D eigenvalue weighted by molar-refractivity contribution is 0.101. The monoisotopic (exact) mass is 350 g/mol. The van der Waals surface area contributed by atoms with E-state index in [1.807, 2.05) is 84.9 Å². The van der Waals surface area contributed by atoms with E-state index in [0.717, 1.165) is 22.2 Å². The number of hydrogen-bond acceptors (Lipinski definition) is 3. The van der Waals surface area contributed by atoms with E-state index in [2.05, 4.69) is 21.8 Å². The normalized spacial score (nSPS) is 12.8. The molecule has 0 fully saturated rings. The third-order valence-electron chi connectivity index (χ3n) is 4.40. The lowest BCUT2D eigenvalue weighted by atomic mass is 9.87. The van der Waals surface area contributed by atoms with E-state index in [0.29, 0.717) is 12.1 Å². The second-order valence-electron chi connectivity index (χ2n) is 6.38. The third-order valence-corrected chi connectivity index (χ3v) is 4.40. The van der Waals surface area contributed by atoms with Gasteiger partial charge in [0.15, 0.2) is 5.60 Å². The van der Waals surface area contributed by atoms with Gasteiger partial charge in [-0.15, -0.1) is 0 Å². The lowest BCUT2D eigenvalue weighted by Crippen LogP contribution is -2.26. The van der Waals surface area contributed by atoms with Gasteiger partial charge in [-0.1, -0.05) is 78.7 Å². The molecule has 4 rings (SSSR count). The first-order valence-electron chi connectivity index (χ1n) is 8.80. The summed E-state index contributed by atoms with van der Waals surface area (Å²) in [5.41, 5.74) is 2.62. The topological polar surface area (TPSA) is 46.0 Å². The van der Waals surface area contributed by atoms with E-state index in [1.54, 1.807) is 6.20 Å². The molecule has 0 spiro atoms. The van der Waals surface area contributed by atoms with E-state index in [4.69, 9.17) is 0 Å². The van der Waals surface area contributed by atoms with Crippen molar-refractivity contribution in [1.82, 2.24) is 9.97 Å². The summed E-state index contributed by atoms with van der Waals surface area (Å²) in [6, 6.07) is 27.0. The number of aromatic nitrogens is 2. The van der Waals surface area contributed by atoms with Gasteiger partial charge in [-0.25, -0.2) is 4.98 Å². The minimum absolute atomic E-state index is 0.395. The van der Waals surface area contributed by atoms with Crippen LogP contribution in [0.25, 0.3) is 11.0 Å².